The Hall–Kier alpha value is -2.26. The van der Waals surface area contributed by atoms with Crippen molar-refractivity contribution in [2.75, 3.05) is 0 Å². The van der Waals surface area contributed by atoms with Crippen LogP contribution < -0.4 is 0 Å². The Balaban J connectivity index is 2.13. The lowest BCUT2D eigenvalue weighted by Gasteiger charge is -2.10. The number of halogens is 3. The summed E-state index contributed by atoms with van der Waals surface area (Å²) in [6.45, 7) is 0. The molecule has 0 atom stereocenters. The van der Waals surface area contributed by atoms with Gasteiger partial charge in [-0.1, -0.05) is 30.3 Å². The maximum atomic E-state index is 13.9. The van der Waals surface area contributed by atoms with E-state index < -0.39 is 0 Å². The molecule has 22 heavy (non-hydrogen) atoms. The summed E-state index contributed by atoms with van der Waals surface area (Å²) in [5.41, 5.74) is 2.59. The van der Waals surface area contributed by atoms with Crippen LogP contribution in [0.15, 0.2) is 60.8 Å². The summed E-state index contributed by atoms with van der Waals surface area (Å²) in [4.78, 5) is 4.31. The third kappa shape index (κ3) is 2.72. The lowest BCUT2D eigenvalue weighted by atomic mass is 10.0. The summed E-state index contributed by atoms with van der Waals surface area (Å²) in [5.74, 6) is -0.526. The van der Waals surface area contributed by atoms with Gasteiger partial charge >= 0.3 is 0 Å². The van der Waals surface area contributed by atoms with Crippen LogP contribution in [-0.4, -0.2) is 4.98 Å². The number of hydrogen-bond acceptors (Lipinski definition) is 1. The quantitative estimate of drug-likeness (QED) is 0.587. The largest absolute Gasteiger partial charge is 0.255 e. The topological polar surface area (TPSA) is 12.9 Å². The molecule has 3 aromatic rings. The summed E-state index contributed by atoms with van der Waals surface area (Å²) in [6, 6.07) is 14.6. The van der Waals surface area contributed by atoms with Gasteiger partial charge < -0.3 is 0 Å². The number of pyridine rings is 1. The summed E-state index contributed by atoms with van der Waals surface area (Å²) in [7, 11) is 0. The van der Waals surface area contributed by atoms with E-state index in [0.717, 1.165) is 0 Å². The predicted molar refractivity (Wildman–Crippen MR) is 84.6 cm³/mol. The summed E-state index contributed by atoms with van der Waals surface area (Å²) in [5, 5.41) is 0. The highest BCUT2D eigenvalue weighted by molar-refractivity contribution is 6.17. The first kappa shape index (κ1) is 14.7. The van der Waals surface area contributed by atoms with Crippen LogP contribution in [-0.2, 0) is 5.88 Å². The van der Waals surface area contributed by atoms with Crippen molar-refractivity contribution in [1.82, 2.24) is 4.98 Å². The maximum absolute atomic E-state index is 13.9. The molecule has 2 aromatic carbocycles. The highest BCUT2D eigenvalue weighted by atomic mass is 35.5. The van der Waals surface area contributed by atoms with Crippen molar-refractivity contribution in [2.45, 2.75) is 5.88 Å². The Morgan fingerprint density at radius 2 is 1.45 bits per heavy atom. The van der Waals surface area contributed by atoms with Crippen LogP contribution in [0, 0.1) is 11.6 Å². The van der Waals surface area contributed by atoms with Crippen LogP contribution in [0.5, 0.6) is 0 Å². The first-order chi connectivity index (χ1) is 10.7. The van der Waals surface area contributed by atoms with Gasteiger partial charge in [-0.25, -0.2) is 8.78 Å². The molecule has 1 nitrogen and oxygen atoms in total. The molecule has 0 aliphatic rings. The molecule has 110 valence electrons. The number of aromatic nitrogens is 1. The van der Waals surface area contributed by atoms with Crippen molar-refractivity contribution < 1.29 is 8.78 Å². The van der Waals surface area contributed by atoms with Crippen LogP contribution in [0.2, 0.25) is 0 Å². The fraction of sp³-hybridized carbons (Fsp3) is 0.0556. The molecule has 0 aliphatic carbocycles. The van der Waals surface area contributed by atoms with E-state index in [-0.39, 0.29) is 17.5 Å². The molecule has 0 N–H and O–H groups in total. The number of alkyl halides is 1. The Bertz CT molecular complexity index is 818. The molecular formula is C18H12ClF2N. The lowest BCUT2D eigenvalue weighted by molar-refractivity contribution is 0.630. The van der Waals surface area contributed by atoms with Gasteiger partial charge in [0.1, 0.15) is 11.6 Å². The molecule has 0 radical (unpaired) electrons. The second kappa shape index (κ2) is 6.24. The SMILES string of the molecule is Fc1ccccc1-c1cnc(-c2ccccc2F)c(CCl)c1. The average Bonchev–Trinajstić information content (AvgIpc) is 2.55. The number of hydrogen-bond donors (Lipinski definition) is 0. The van der Waals surface area contributed by atoms with E-state index in [1.165, 1.54) is 18.3 Å². The van der Waals surface area contributed by atoms with Gasteiger partial charge in [-0.3, -0.25) is 4.98 Å². The summed E-state index contributed by atoms with van der Waals surface area (Å²) in [6.07, 6.45) is 1.54. The molecule has 0 spiro atoms. The number of rotatable bonds is 3. The van der Waals surface area contributed by atoms with E-state index in [2.05, 4.69) is 4.98 Å². The molecule has 0 aliphatic heterocycles. The molecule has 0 unspecified atom stereocenters. The smallest absolute Gasteiger partial charge is 0.132 e. The molecule has 1 aromatic heterocycles. The highest BCUT2D eigenvalue weighted by Crippen LogP contribution is 2.30. The second-order valence-corrected chi connectivity index (χ2v) is 5.09. The van der Waals surface area contributed by atoms with E-state index in [9.17, 15) is 8.78 Å². The molecule has 3 rings (SSSR count). The average molecular weight is 316 g/mol. The first-order valence-electron chi connectivity index (χ1n) is 6.75. The molecule has 0 fully saturated rings. The van der Waals surface area contributed by atoms with Crippen molar-refractivity contribution in [3.63, 3.8) is 0 Å². The lowest BCUT2D eigenvalue weighted by Crippen LogP contribution is -1.95. The molecule has 4 heteroatoms. The van der Waals surface area contributed by atoms with Gasteiger partial charge in [0.25, 0.3) is 0 Å². The minimum Gasteiger partial charge on any atom is -0.255 e. The third-order valence-electron chi connectivity index (χ3n) is 3.42. The zero-order valence-corrected chi connectivity index (χ0v) is 12.3. The van der Waals surface area contributed by atoms with Crippen LogP contribution in [0.25, 0.3) is 22.4 Å². The van der Waals surface area contributed by atoms with Crippen molar-refractivity contribution >= 4 is 11.6 Å². The van der Waals surface area contributed by atoms with Crippen LogP contribution in [0.4, 0.5) is 8.78 Å². The van der Waals surface area contributed by atoms with Crippen LogP contribution in [0.1, 0.15) is 5.56 Å². The molecule has 0 saturated carbocycles. The highest BCUT2D eigenvalue weighted by Gasteiger charge is 2.13. The van der Waals surface area contributed by atoms with Gasteiger partial charge in [0.05, 0.1) is 5.69 Å². The van der Waals surface area contributed by atoms with Gasteiger partial charge in [-0.05, 0) is 29.8 Å². The van der Waals surface area contributed by atoms with Crippen molar-refractivity contribution in [3.8, 4) is 22.4 Å². The summed E-state index contributed by atoms with van der Waals surface area (Å²) >= 11 is 5.98. The van der Waals surface area contributed by atoms with Gasteiger partial charge in [-0.2, -0.15) is 0 Å². The van der Waals surface area contributed by atoms with E-state index >= 15 is 0 Å². The predicted octanol–water partition coefficient (Wildman–Crippen LogP) is 5.43. The zero-order chi connectivity index (χ0) is 15.5. The van der Waals surface area contributed by atoms with Gasteiger partial charge in [0.15, 0.2) is 0 Å². The standard InChI is InChI=1S/C18H12ClF2N/c19-10-12-9-13(14-5-1-3-7-16(14)20)11-22-18(12)15-6-2-4-8-17(15)21/h1-9,11H,10H2. The fourth-order valence-corrected chi connectivity index (χ4v) is 2.55. The van der Waals surface area contributed by atoms with Crippen molar-refractivity contribution in [2.24, 2.45) is 0 Å². The van der Waals surface area contributed by atoms with Crippen molar-refractivity contribution in [3.05, 3.63) is 78.0 Å². The molecule has 0 bridgehead atoms. The van der Waals surface area contributed by atoms with E-state index in [0.29, 0.717) is 27.9 Å². The third-order valence-corrected chi connectivity index (χ3v) is 3.71. The van der Waals surface area contributed by atoms with Crippen LogP contribution in [0.3, 0.4) is 0 Å². The Morgan fingerprint density at radius 3 is 2.05 bits per heavy atom. The van der Waals surface area contributed by atoms with E-state index in [1.807, 2.05) is 0 Å². The molecule has 0 saturated heterocycles. The van der Waals surface area contributed by atoms with Gasteiger partial charge in [0, 0.05) is 28.8 Å². The van der Waals surface area contributed by atoms with Crippen molar-refractivity contribution in [1.29, 1.82) is 0 Å². The molecule has 1 heterocycles. The summed E-state index contributed by atoms with van der Waals surface area (Å²) < 4.78 is 27.8. The minimum atomic E-state index is -0.361. The normalized spacial score (nSPS) is 10.7. The van der Waals surface area contributed by atoms with E-state index in [1.54, 1.807) is 42.5 Å². The second-order valence-electron chi connectivity index (χ2n) is 4.83. The maximum Gasteiger partial charge on any atom is 0.132 e. The van der Waals surface area contributed by atoms with Crippen LogP contribution >= 0.6 is 11.6 Å². The van der Waals surface area contributed by atoms with Gasteiger partial charge in [-0.15, -0.1) is 11.6 Å². The Labute approximate surface area is 132 Å². The number of benzene rings is 2. The first-order valence-corrected chi connectivity index (χ1v) is 7.29. The molecular weight excluding hydrogens is 304 g/mol. The monoisotopic (exact) mass is 315 g/mol. The van der Waals surface area contributed by atoms with E-state index in [4.69, 9.17) is 11.6 Å². The number of nitrogens with zero attached hydrogens (tertiary/aromatic N) is 1. The Kier molecular flexibility index (Phi) is 4.16. The fourth-order valence-electron chi connectivity index (χ4n) is 2.35. The Morgan fingerprint density at radius 1 is 0.864 bits per heavy atom. The molecule has 0 amide bonds. The zero-order valence-electron chi connectivity index (χ0n) is 11.6. The van der Waals surface area contributed by atoms with Gasteiger partial charge in [0.2, 0.25) is 0 Å². The minimum absolute atomic E-state index is 0.166.